The zero-order valence-electron chi connectivity index (χ0n) is 17.5. The van der Waals surface area contributed by atoms with Gasteiger partial charge in [-0.3, -0.25) is 14.6 Å². The number of amides is 2. The van der Waals surface area contributed by atoms with Gasteiger partial charge in [-0.2, -0.15) is 0 Å². The Morgan fingerprint density at radius 2 is 1.87 bits per heavy atom. The third-order valence-corrected chi connectivity index (χ3v) is 5.61. The Labute approximate surface area is 181 Å². The maximum atomic E-state index is 12.9. The van der Waals surface area contributed by atoms with Crippen molar-refractivity contribution in [3.8, 4) is 11.1 Å². The second-order valence-electron chi connectivity index (χ2n) is 7.89. The highest BCUT2D eigenvalue weighted by atomic mass is 16.5. The molecule has 0 saturated carbocycles. The fourth-order valence-electron chi connectivity index (χ4n) is 3.89. The van der Waals surface area contributed by atoms with E-state index in [1.807, 2.05) is 24.3 Å². The van der Waals surface area contributed by atoms with Crippen LogP contribution < -0.4 is 5.73 Å². The van der Waals surface area contributed by atoms with Gasteiger partial charge in [0.25, 0.3) is 11.8 Å². The number of morpholine rings is 1. The van der Waals surface area contributed by atoms with E-state index < -0.39 is 11.5 Å². The number of hydrogen-bond acceptors (Lipinski definition) is 4. The summed E-state index contributed by atoms with van der Waals surface area (Å²) in [6.07, 6.45) is 1.86. The summed E-state index contributed by atoms with van der Waals surface area (Å²) in [5.41, 5.74) is 9.11. The quantitative estimate of drug-likeness (QED) is 0.694. The van der Waals surface area contributed by atoms with Gasteiger partial charge in [0, 0.05) is 19.2 Å². The van der Waals surface area contributed by atoms with Gasteiger partial charge in [0.2, 0.25) is 0 Å². The maximum Gasteiger partial charge on any atom is 0.272 e. The highest BCUT2D eigenvalue weighted by molar-refractivity contribution is 5.93. The van der Waals surface area contributed by atoms with Gasteiger partial charge in [0.1, 0.15) is 5.69 Å². The Hall–Kier alpha value is -3.51. The molecule has 0 radical (unpaired) electrons. The molecule has 0 spiro atoms. The van der Waals surface area contributed by atoms with E-state index in [-0.39, 0.29) is 25.5 Å². The number of nitrogens with two attached hydrogens (primary N) is 1. The average Bonchev–Trinajstić information content (AvgIpc) is 2.80. The lowest BCUT2D eigenvalue weighted by Crippen LogP contribution is -2.61. The summed E-state index contributed by atoms with van der Waals surface area (Å²) in [7, 11) is 0. The molecule has 2 N–H and O–H groups in total. The Morgan fingerprint density at radius 3 is 2.58 bits per heavy atom. The Balaban J connectivity index is 1.59. The number of pyridine rings is 1. The summed E-state index contributed by atoms with van der Waals surface area (Å²) in [5, 5.41) is 0. The highest BCUT2D eigenvalue weighted by Crippen LogP contribution is 2.27. The molecule has 1 saturated heterocycles. The number of rotatable bonds is 5. The van der Waals surface area contributed by atoms with Crippen LogP contribution in [0.1, 0.15) is 21.6 Å². The fraction of sp³-hybridized carbons (Fsp3) is 0.240. The first-order valence-corrected chi connectivity index (χ1v) is 10.3. The minimum absolute atomic E-state index is 0.0898. The number of hydrogen-bond donors (Lipinski definition) is 1. The van der Waals surface area contributed by atoms with E-state index in [1.54, 1.807) is 29.3 Å². The van der Waals surface area contributed by atoms with E-state index in [9.17, 15) is 9.59 Å². The molecular formula is C25H25N3O3. The van der Waals surface area contributed by atoms with Crippen LogP contribution in [-0.2, 0) is 16.0 Å². The monoisotopic (exact) mass is 415 g/mol. The Bertz CT molecular complexity index is 1080. The number of carbonyl (C=O) groups is 2. The molecule has 2 aromatic carbocycles. The fourth-order valence-corrected chi connectivity index (χ4v) is 3.89. The average molecular weight is 415 g/mol. The van der Waals surface area contributed by atoms with Gasteiger partial charge in [-0.25, -0.2) is 0 Å². The van der Waals surface area contributed by atoms with Crippen LogP contribution in [0.4, 0.5) is 0 Å². The predicted octanol–water partition coefficient (Wildman–Crippen LogP) is 3.00. The summed E-state index contributed by atoms with van der Waals surface area (Å²) in [5.74, 6) is -0.810. The molecule has 3 aromatic rings. The normalized spacial score (nSPS) is 18.5. The van der Waals surface area contributed by atoms with E-state index in [2.05, 4.69) is 36.2 Å². The molecule has 0 unspecified atom stereocenters. The van der Waals surface area contributed by atoms with Crippen LogP contribution in [0, 0.1) is 6.92 Å². The van der Waals surface area contributed by atoms with Gasteiger partial charge in [-0.15, -0.1) is 0 Å². The smallest absolute Gasteiger partial charge is 0.272 e. The lowest BCUT2D eigenvalue weighted by Gasteiger charge is -2.40. The lowest BCUT2D eigenvalue weighted by atomic mass is 9.90. The molecule has 31 heavy (non-hydrogen) atoms. The molecule has 1 aliphatic heterocycles. The first kappa shape index (κ1) is 20.8. The summed E-state index contributed by atoms with van der Waals surface area (Å²) in [6.45, 7) is 2.76. The Morgan fingerprint density at radius 1 is 1.06 bits per heavy atom. The molecule has 2 amide bonds. The van der Waals surface area contributed by atoms with Crippen LogP contribution >= 0.6 is 0 Å². The van der Waals surface area contributed by atoms with Gasteiger partial charge in [0.05, 0.1) is 13.2 Å². The molecule has 1 atom stereocenters. The van der Waals surface area contributed by atoms with E-state index in [0.29, 0.717) is 12.2 Å². The van der Waals surface area contributed by atoms with Crippen molar-refractivity contribution in [3.63, 3.8) is 0 Å². The van der Waals surface area contributed by atoms with Gasteiger partial charge in [-0.05, 0) is 35.7 Å². The van der Waals surface area contributed by atoms with Crippen LogP contribution in [0.25, 0.3) is 11.1 Å². The highest BCUT2D eigenvalue weighted by Gasteiger charge is 2.44. The van der Waals surface area contributed by atoms with Crippen LogP contribution in [0.15, 0.2) is 72.9 Å². The van der Waals surface area contributed by atoms with Gasteiger partial charge in [0.15, 0.2) is 5.60 Å². The summed E-state index contributed by atoms with van der Waals surface area (Å²) in [6, 6.07) is 21.4. The number of nitrogens with zero attached hydrogens (tertiary/aromatic N) is 2. The molecule has 6 heteroatoms. The minimum atomic E-state index is -1.28. The van der Waals surface area contributed by atoms with Crippen molar-refractivity contribution in [1.82, 2.24) is 9.88 Å². The standard InChI is InChI=1S/C25H25N3O3/c1-18-8-10-20(11-9-18)21-6-4-5-19(15-21)16-25(24(26)30)17-28(13-14-31-25)23(29)22-7-2-3-12-27-22/h2-12,15H,13-14,16-17H2,1H3,(H2,26,30)/t25-/m1/s1. The van der Waals surface area contributed by atoms with Gasteiger partial charge < -0.3 is 15.4 Å². The number of primary amides is 1. The summed E-state index contributed by atoms with van der Waals surface area (Å²) >= 11 is 0. The molecule has 6 nitrogen and oxygen atoms in total. The molecular weight excluding hydrogens is 390 g/mol. The predicted molar refractivity (Wildman–Crippen MR) is 118 cm³/mol. The van der Waals surface area contributed by atoms with Crippen LogP contribution in [-0.4, -0.2) is 47.0 Å². The second-order valence-corrected chi connectivity index (χ2v) is 7.89. The van der Waals surface area contributed by atoms with Gasteiger partial charge in [-0.1, -0.05) is 60.2 Å². The SMILES string of the molecule is Cc1ccc(-c2cccc(C[C@]3(C(N)=O)CN(C(=O)c4ccccn4)CCO3)c2)cc1. The number of aromatic nitrogens is 1. The molecule has 1 aliphatic rings. The summed E-state index contributed by atoms with van der Waals surface area (Å²) in [4.78, 5) is 31.1. The zero-order valence-corrected chi connectivity index (χ0v) is 17.5. The van der Waals surface area contributed by atoms with E-state index in [0.717, 1.165) is 16.7 Å². The third kappa shape index (κ3) is 4.49. The van der Waals surface area contributed by atoms with Crippen LogP contribution in [0.2, 0.25) is 0 Å². The molecule has 0 aliphatic carbocycles. The van der Waals surface area contributed by atoms with Crippen molar-refractivity contribution in [3.05, 3.63) is 89.7 Å². The van der Waals surface area contributed by atoms with E-state index in [1.165, 1.54) is 5.56 Å². The molecule has 2 heterocycles. The molecule has 0 bridgehead atoms. The van der Waals surface area contributed by atoms with E-state index in [4.69, 9.17) is 10.5 Å². The molecule has 1 aromatic heterocycles. The van der Waals surface area contributed by atoms with Crippen molar-refractivity contribution < 1.29 is 14.3 Å². The second kappa shape index (κ2) is 8.70. The van der Waals surface area contributed by atoms with Crippen molar-refractivity contribution in [2.45, 2.75) is 18.9 Å². The summed E-state index contributed by atoms with van der Waals surface area (Å²) < 4.78 is 5.92. The van der Waals surface area contributed by atoms with Gasteiger partial charge >= 0.3 is 0 Å². The lowest BCUT2D eigenvalue weighted by molar-refractivity contribution is -0.153. The number of ether oxygens (including phenoxy) is 1. The minimum Gasteiger partial charge on any atom is -0.367 e. The van der Waals surface area contributed by atoms with Crippen LogP contribution in [0.5, 0.6) is 0 Å². The largest absolute Gasteiger partial charge is 0.367 e. The first-order valence-electron chi connectivity index (χ1n) is 10.3. The van der Waals surface area contributed by atoms with Crippen molar-refractivity contribution >= 4 is 11.8 Å². The number of carbonyl (C=O) groups excluding carboxylic acids is 2. The first-order chi connectivity index (χ1) is 15.0. The van der Waals surface area contributed by atoms with Crippen molar-refractivity contribution in [1.29, 1.82) is 0 Å². The number of benzene rings is 2. The third-order valence-electron chi connectivity index (χ3n) is 5.61. The van der Waals surface area contributed by atoms with Crippen LogP contribution in [0.3, 0.4) is 0 Å². The molecule has 158 valence electrons. The Kier molecular flexibility index (Phi) is 5.82. The topological polar surface area (TPSA) is 85.5 Å². The molecule has 1 fully saturated rings. The van der Waals surface area contributed by atoms with E-state index >= 15 is 0 Å². The molecule has 4 rings (SSSR count). The van der Waals surface area contributed by atoms with Crippen molar-refractivity contribution in [2.75, 3.05) is 19.7 Å². The van der Waals surface area contributed by atoms with Crippen molar-refractivity contribution in [2.24, 2.45) is 5.73 Å². The number of aryl methyl sites for hydroxylation is 1. The maximum absolute atomic E-state index is 12.9. The zero-order chi connectivity index (χ0) is 21.8.